The molecule has 1 aliphatic heterocycles. The number of benzene rings is 2. The van der Waals surface area contributed by atoms with E-state index in [0.717, 1.165) is 30.5 Å². The molecule has 1 fully saturated rings. The Kier molecular flexibility index (Phi) is 6.30. The van der Waals surface area contributed by atoms with E-state index in [0.29, 0.717) is 41.1 Å². The lowest BCUT2D eigenvalue weighted by Crippen LogP contribution is -2.39. The average Bonchev–Trinajstić information content (AvgIpc) is 3.33. The second-order valence-corrected chi connectivity index (χ2v) is 7.78. The van der Waals surface area contributed by atoms with E-state index in [4.69, 9.17) is 18.7 Å². The van der Waals surface area contributed by atoms with Crippen LogP contribution in [0.15, 0.2) is 40.9 Å². The Morgan fingerprint density at radius 2 is 1.81 bits per heavy atom. The van der Waals surface area contributed by atoms with Gasteiger partial charge in [-0.15, -0.1) is 0 Å². The second-order valence-electron chi connectivity index (χ2n) is 7.78. The predicted octanol–water partition coefficient (Wildman–Crippen LogP) is 4.09. The van der Waals surface area contributed by atoms with Gasteiger partial charge in [-0.25, -0.2) is 0 Å². The Labute approximate surface area is 187 Å². The second kappa shape index (κ2) is 9.30. The molecule has 8 heteroatoms. The largest absolute Gasteiger partial charge is 0.493 e. The van der Waals surface area contributed by atoms with Crippen molar-refractivity contribution in [3.8, 4) is 28.6 Å². The van der Waals surface area contributed by atoms with E-state index >= 15 is 0 Å². The van der Waals surface area contributed by atoms with Gasteiger partial charge in [0, 0.05) is 24.2 Å². The van der Waals surface area contributed by atoms with Crippen molar-refractivity contribution >= 4 is 5.91 Å². The third-order valence-electron chi connectivity index (χ3n) is 5.80. The van der Waals surface area contributed by atoms with E-state index in [-0.39, 0.29) is 11.8 Å². The smallest absolute Gasteiger partial charge is 0.254 e. The van der Waals surface area contributed by atoms with Crippen molar-refractivity contribution in [1.82, 2.24) is 15.0 Å². The van der Waals surface area contributed by atoms with Crippen LogP contribution in [0.2, 0.25) is 0 Å². The monoisotopic (exact) mass is 437 g/mol. The summed E-state index contributed by atoms with van der Waals surface area (Å²) < 4.78 is 21.8. The minimum atomic E-state index is -0.0139. The molecule has 1 saturated heterocycles. The minimum Gasteiger partial charge on any atom is -0.493 e. The number of aryl methyl sites for hydroxylation is 1. The highest BCUT2D eigenvalue weighted by molar-refractivity contribution is 5.95. The lowest BCUT2D eigenvalue weighted by molar-refractivity contribution is 0.0695. The third-order valence-corrected chi connectivity index (χ3v) is 5.80. The van der Waals surface area contributed by atoms with Crippen LogP contribution in [-0.4, -0.2) is 55.4 Å². The summed E-state index contributed by atoms with van der Waals surface area (Å²) in [5, 5.41) is 4.17. The van der Waals surface area contributed by atoms with Gasteiger partial charge >= 0.3 is 0 Å². The normalized spacial score (nSPS) is 16.0. The zero-order valence-corrected chi connectivity index (χ0v) is 18.8. The van der Waals surface area contributed by atoms with Gasteiger partial charge in [-0.05, 0) is 43.5 Å². The lowest BCUT2D eigenvalue weighted by atomic mass is 9.96. The molecule has 8 nitrogen and oxygen atoms in total. The number of carbonyl (C=O) groups is 1. The molecule has 0 N–H and O–H groups in total. The molecule has 168 valence electrons. The van der Waals surface area contributed by atoms with Gasteiger partial charge in [0.2, 0.25) is 17.5 Å². The Balaban J connectivity index is 1.56. The molecule has 3 aromatic rings. The highest BCUT2D eigenvalue weighted by Gasteiger charge is 2.30. The molecule has 0 aliphatic carbocycles. The highest BCUT2D eigenvalue weighted by atomic mass is 16.5. The summed E-state index contributed by atoms with van der Waals surface area (Å²) in [5.74, 6) is 2.51. The number of amides is 1. The summed E-state index contributed by atoms with van der Waals surface area (Å²) >= 11 is 0. The van der Waals surface area contributed by atoms with Gasteiger partial charge in [-0.3, -0.25) is 4.79 Å². The molecule has 32 heavy (non-hydrogen) atoms. The summed E-state index contributed by atoms with van der Waals surface area (Å²) in [5.41, 5.74) is 2.40. The number of likely N-dealkylation sites (tertiary alicyclic amines) is 1. The molecule has 4 rings (SSSR count). The topological polar surface area (TPSA) is 86.9 Å². The number of ether oxygens (including phenoxy) is 3. The van der Waals surface area contributed by atoms with Crippen molar-refractivity contribution in [2.45, 2.75) is 25.7 Å². The van der Waals surface area contributed by atoms with Crippen LogP contribution in [0.25, 0.3) is 11.4 Å². The molecule has 0 radical (unpaired) electrons. The summed E-state index contributed by atoms with van der Waals surface area (Å²) in [6.45, 7) is 3.22. The molecule has 0 unspecified atom stereocenters. The van der Waals surface area contributed by atoms with Crippen LogP contribution in [0.3, 0.4) is 0 Å². The average molecular weight is 437 g/mol. The van der Waals surface area contributed by atoms with Gasteiger partial charge in [0.1, 0.15) is 0 Å². The molecular formula is C24H27N3O5. The number of carbonyl (C=O) groups excluding carboxylic acids is 1. The quantitative estimate of drug-likeness (QED) is 0.574. The third kappa shape index (κ3) is 4.12. The Morgan fingerprint density at radius 3 is 2.47 bits per heavy atom. The minimum absolute atomic E-state index is 0.0139. The number of nitrogens with zero attached hydrogens (tertiary/aromatic N) is 3. The van der Waals surface area contributed by atoms with Crippen molar-refractivity contribution in [3.05, 3.63) is 53.4 Å². The van der Waals surface area contributed by atoms with Gasteiger partial charge in [0.05, 0.1) is 27.2 Å². The van der Waals surface area contributed by atoms with Crippen molar-refractivity contribution < 1.29 is 23.5 Å². The van der Waals surface area contributed by atoms with Gasteiger partial charge in [-0.1, -0.05) is 23.4 Å². The van der Waals surface area contributed by atoms with Crippen molar-refractivity contribution in [3.63, 3.8) is 0 Å². The first-order valence-electron chi connectivity index (χ1n) is 10.5. The Bertz CT molecular complexity index is 1090. The van der Waals surface area contributed by atoms with Crippen LogP contribution in [-0.2, 0) is 0 Å². The number of rotatable bonds is 6. The molecule has 0 bridgehead atoms. The maximum Gasteiger partial charge on any atom is 0.254 e. The van der Waals surface area contributed by atoms with Crippen LogP contribution in [0.5, 0.6) is 17.2 Å². The number of hydrogen-bond acceptors (Lipinski definition) is 7. The molecule has 1 aliphatic rings. The van der Waals surface area contributed by atoms with E-state index in [2.05, 4.69) is 10.1 Å². The maximum atomic E-state index is 13.0. The summed E-state index contributed by atoms with van der Waals surface area (Å²) in [6.07, 6.45) is 1.76. The highest BCUT2D eigenvalue weighted by Crippen LogP contribution is 2.41. The summed E-state index contributed by atoms with van der Waals surface area (Å²) in [7, 11) is 4.68. The van der Waals surface area contributed by atoms with Crippen molar-refractivity contribution in [1.29, 1.82) is 0 Å². The number of hydrogen-bond donors (Lipinski definition) is 0. The molecule has 0 spiro atoms. The van der Waals surface area contributed by atoms with E-state index < -0.39 is 0 Å². The van der Waals surface area contributed by atoms with Crippen LogP contribution in [0.4, 0.5) is 0 Å². The predicted molar refractivity (Wildman–Crippen MR) is 118 cm³/mol. The molecule has 1 aromatic heterocycles. The van der Waals surface area contributed by atoms with E-state index in [1.807, 2.05) is 36.1 Å². The Morgan fingerprint density at radius 1 is 1.09 bits per heavy atom. The molecule has 2 aromatic carbocycles. The van der Waals surface area contributed by atoms with E-state index in [1.165, 1.54) is 0 Å². The van der Waals surface area contributed by atoms with Crippen LogP contribution < -0.4 is 14.2 Å². The van der Waals surface area contributed by atoms with Gasteiger partial charge in [-0.2, -0.15) is 4.98 Å². The molecule has 1 amide bonds. The van der Waals surface area contributed by atoms with Gasteiger partial charge in [0.15, 0.2) is 11.5 Å². The fraction of sp³-hybridized carbons (Fsp3) is 0.375. The van der Waals surface area contributed by atoms with Gasteiger partial charge < -0.3 is 23.6 Å². The first-order valence-corrected chi connectivity index (χ1v) is 10.5. The lowest BCUT2D eigenvalue weighted by Gasteiger charge is -2.31. The molecule has 0 saturated carbocycles. The SMILES string of the molecule is COc1cc(-c2noc([C@H]3CCCN(C(=O)c4ccccc4C)C3)n2)cc(OC)c1OC. The van der Waals surface area contributed by atoms with Gasteiger partial charge in [0.25, 0.3) is 5.91 Å². The van der Waals surface area contributed by atoms with Crippen LogP contribution in [0, 0.1) is 6.92 Å². The molecule has 1 atom stereocenters. The van der Waals surface area contributed by atoms with Crippen molar-refractivity contribution in [2.75, 3.05) is 34.4 Å². The zero-order valence-electron chi connectivity index (χ0n) is 18.8. The van der Waals surface area contributed by atoms with Crippen LogP contribution in [0.1, 0.15) is 40.6 Å². The first kappa shape index (κ1) is 21.7. The Hall–Kier alpha value is -3.55. The summed E-state index contributed by atoms with van der Waals surface area (Å²) in [6, 6.07) is 11.2. The fourth-order valence-corrected chi connectivity index (χ4v) is 4.07. The first-order chi connectivity index (χ1) is 15.5. The maximum absolute atomic E-state index is 13.0. The number of aromatic nitrogens is 2. The summed E-state index contributed by atoms with van der Waals surface area (Å²) in [4.78, 5) is 19.5. The molecule has 2 heterocycles. The fourth-order valence-electron chi connectivity index (χ4n) is 4.07. The van der Waals surface area contributed by atoms with E-state index in [9.17, 15) is 4.79 Å². The number of piperidine rings is 1. The van der Waals surface area contributed by atoms with Crippen LogP contribution >= 0.6 is 0 Å². The zero-order chi connectivity index (χ0) is 22.7. The molecular weight excluding hydrogens is 410 g/mol. The van der Waals surface area contributed by atoms with E-state index in [1.54, 1.807) is 33.5 Å². The number of methoxy groups -OCH3 is 3. The standard InChI is InChI=1S/C24H27N3O5/c1-15-8-5-6-10-18(15)24(28)27-11-7-9-16(14-27)23-25-22(26-32-23)17-12-19(29-2)21(31-4)20(13-17)30-3/h5-6,8,10,12-13,16H,7,9,11,14H2,1-4H3/t16-/m0/s1. The van der Waals surface area contributed by atoms with Crippen molar-refractivity contribution in [2.24, 2.45) is 0 Å².